The molecule has 1 aliphatic rings. The van der Waals surface area contributed by atoms with E-state index in [1.807, 2.05) is 38.1 Å². The lowest BCUT2D eigenvalue weighted by Crippen LogP contribution is -2.35. The van der Waals surface area contributed by atoms with E-state index in [1.165, 1.54) is 4.90 Å². The Bertz CT molecular complexity index is 461. The second-order valence-electron chi connectivity index (χ2n) is 5.20. The molecule has 0 bridgehead atoms. The van der Waals surface area contributed by atoms with Crippen LogP contribution in [0.15, 0.2) is 24.3 Å². The Morgan fingerprint density at radius 2 is 1.95 bits per heavy atom. The van der Waals surface area contributed by atoms with Crippen LogP contribution >= 0.6 is 0 Å². The molecule has 5 heteroatoms. The fourth-order valence-electron chi connectivity index (χ4n) is 2.54. The molecule has 1 aromatic carbocycles. The van der Waals surface area contributed by atoms with Crippen LogP contribution in [0.25, 0.3) is 0 Å². The second kappa shape index (κ2) is 6.31. The molecule has 1 N–H and O–H groups in total. The molecule has 2 atom stereocenters. The molecule has 110 valence electrons. The van der Waals surface area contributed by atoms with Crippen LogP contribution in [0.3, 0.4) is 0 Å². The van der Waals surface area contributed by atoms with Gasteiger partial charge >= 0.3 is 0 Å². The molecule has 1 amide bonds. The molecule has 0 aromatic heterocycles. The molecule has 1 aliphatic heterocycles. The molecule has 3 nitrogen and oxygen atoms in total. The molecule has 20 heavy (non-hydrogen) atoms. The summed E-state index contributed by atoms with van der Waals surface area (Å²) >= 11 is 0. The number of hydrogen-bond donors (Lipinski definition) is 1. The summed E-state index contributed by atoms with van der Waals surface area (Å²) in [5, 5.41) is 3.18. The number of amides is 1. The number of carbonyl (C=O) groups is 1. The van der Waals surface area contributed by atoms with Gasteiger partial charge in [0.15, 0.2) is 0 Å². The van der Waals surface area contributed by atoms with Crippen LogP contribution in [0.4, 0.5) is 8.78 Å². The molecule has 1 fully saturated rings. The van der Waals surface area contributed by atoms with Gasteiger partial charge in [0.25, 0.3) is 6.43 Å². The Labute approximate surface area is 118 Å². The average Bonchev–Trinajstić information content (AvgIpc) is 2.69. The van der Waals surface area contributed by atoms with Gasteiger partial charge in [-0.25, -0.2) is 8.78 Å². The first kappa shape index (κ1) is 14.9. The van der Waals surface area contributed by atoms with Gasteiger partial charge in [-0.3, -0.25) is 10.1 Å². The summed E-state index contributed by atoms with van der Waals surface area (Å²) in [6.07, 6.45) is -1.46. The predicted molar refractivity (Wildman–Crippen MR) is 73.5 cm³/mol. The van der Waals surface area contributed by atoms with Gasteiger partial charge in [0.2, 0.25) is 5.91 Å². The molecule has 1 aromatic rings. The number of aryl methyl sites for hydroxylation is 1. The zero-order valence-electron chi connectivity index (χ0n) is 11.8. The normalized spacial score (nSPS) is 22.9. The number of benzene rings is 1. The van der Waals surface area contributed by atoms with Crippen molar-refractivity contribution in [1.82, 2.24) is 10.2 Å². The van der Waals surface area contributed by atoms with E-state index >= 15 is 0 Å². The third-order valence-electron chi connectivity index (χ3n) is 3.56. The van der Waals surface area contributed by atoms with Crippen LogP contribution in [0.5, 0.6) is 0 Å². The highest BCUT2D eigenvalue weighted by molar-refractivity contribution is 5.84. The van der Waals surface area contributed by atoms with Gasteiger partial charge in [-0.15, -0.1) is 0 Å². The molecule has 0 spiro atoms. The Balaban J connectivity index is 2.23. The number of alkyl halides is 2. The highest BCUT2D eigenvalue weighted by atomic mass is 19.3. The van der Waals surface area contributed by atoms with Crippen LogP contribution in [0.2, 0.25) is 0 Å². The molecule has 0 aliphatic carbocycles. The first-order valence-electron chi connectivity index (χ1n) is 6.94. The van der Waals surface area contributed by atoms with E-state index in [0.29, 0.717) is 6.42 Å². The Hall–Kier alpha value is -1.49. The van der Waals surface area contributed by atoms with Crippen LogP contribution in [-0.4, -0.2) is 29.8 Å². The van der Waals surface area contributed by atoms with Gasteiger partial charge < -0.3 is 4.90 Å². The van der Waals surface area contributed by atoms with Crippen LogP contribution in [0, 0.1) is 6.92 Å². The number of halogens is 2. The van der Waals surface area contributed by atoms with Crippen molar-refractivity contribution in [3.8, 4) is 0 Å². The van der Waals surface area contributed by atoms with Crippen molar-refractivity contribution in [1.29, 1.82) is 0 Å². The van der Waals surface area contributed by atoms with Crippen molar-refractivity contribution < 1.29 is 13.6 Å². The van der Waals surface area contributed by atoms with Crippen molar-refractivity contribution in [3.63, 3.8) is 0 Å². The highest BCUT2D eigenvalue weighted by Crippen LogP contribution is 2.27. The van der Waals surface area contributed by atoms with Crippen molar-refractivity contribution in [3.05, 3.63) is 35.4 Å². The van der Waals surface area contributed by atoms with Gasteiger partial charge in [0.05, 0.1) is 12.6 Å². The summed E-state index contributed by atoms with van der Waals surface area (Å²) < 4.78 is 25.4. The number of nitrogens with one attached hydrogen (secondary N) is 1. The summed E-state index contributed by atoms with van der Waals surface area (Å²) in [6.45, 7) is 3.42. The van der Waals surface area contributed by atoms with Crippen molar-refractivity contribution in [2.24, 2.45) is 0 Å². The van der Waals surface area contributed by atoms with Gasteiger partial charge in [-0.2, -0.15) is 0 Å². The lowest BCUT2D eigenvalue weighted by molar-refractivity contribution is -0.132. The molecular weight excluding hydrogens is 262 g/mol. The number of rotatable bonds is 5. The number of hydrogen-bond acceptors (Lipinski definition) is 2. The highest BCUT2D eigenvalue weighted by Gasteiger charge is 2.39. The average molecular weight is 282 g/mol. The van der Waals surface area contributed by atoms with E-state index in [0.717, 1.165) is 17.5 Å². The summed E-state index contributed by atoms with van der Waals surface area (Å²) in [5.41, 5.74) is 1.95. The molecular formula is C15H20F2N2O. The van der Waals surface area contributed by atoms with Gasteiger partial charge in [-0.1, -0.05) is 43.2 Å². The molecule has 1 saturated heterocycles. The van der Waals surface area contributed by atoms with Crippen LogP contribution in [-0.2, 0) is 4.79 Å². The van der Waals surface area contributed by atoms with Gasteiger partial charge in [0, 0.05) is 0 Å². The third kappa shape index (κ3) is 3.15. The molecule has 2 unspecified atom stereocenters. The third-order valence-corrected chi connectivity index (χ3v) is 3.56. The fraction of sp³-hybridized carbons (Fsp3) is 0.533. The van der Waals surface area contributed by atoms with Crippen molar-refractivity contribution in [2.45, 2.75) is 45.3 Å². The van der Waals surface area contributed by atoms with Gasteiger partial charge in [-0.05, 0) is 18.9 Å². The zero-order valence-corrected chi connectivity index (χ0v) is 11.8. The summed E-state index contributed by atoms with van der Waals surface area (Å²) in [7, 11) is 0. The minimum atomic E-state index is -2.52. The summed E-state index contributed by atoms with van der Waals surface area (Å²) in [5.74, 6) is -0.224. The van der Waals surface area contributed by atoms with Crippen molar-refractivity contribution in [2.75, 3.05) is 6.54 Å². The summed E-state index contributed by atoms with van der Waals surface area (Å²) in [4.78, 5) is 13.5. The minimum absolute atomic E-state index is 0.224. The Morgan fingerprint density at radius 3 is 2.50 bits per heavy atom. The standard InChI is InChI=1S/C15H20F2N2O/c1-3-4-12-15(20)19(9-13(16)17)14(18-12)11-7-5-10(2)6-8-11/h5-8,12-14,18H,3-4,9H2,1-2H3. The van der Waals surface area contributed by atoms with Crippen LogP contribution < -0.4 is 5.32 Å². The minimum Gasteiger partial charge on any atom is -0.316 e. The maximum absolute atomic E-state index is 12.7. The maximum Gasteiger partial charge on any atom is 0.255 e. The SMILES string of the molecule is CCCC1NC(c2ccc(C)cc2)N(CC(F)F)C1=O. The lowest BCUT2D eigenvalue weighted by atomic mass is 10.1. The number of carbonyl (C=O) groups excluding carboxylic acids is 1. The monoisotopic (exact) mass is 282 g/mol. The van der Waals surface area contributed by atoms with E-state index < -0.39 is 19.1 Å². The first-order valence-corrected chi connectivity index (χ1v) is 6.94. The molecule has 1 heterocycles. The predicted octanol–water partition coefficient (Wildman–Crippen LogP) is 2.86. The van der Waals surface area contributed by atoms with Crippen molar-refractivity contribution >= 4 is 5.91 Å². The molecule has 0 radical (unpaired) electrons. The molecule has 2 rings (SSSR count). The fourth-order valence-corrected chi connectivity index (χ4v) is 2.54. The van der Waals surface area contributed by atoms with E-state index in [-0.39, 0.29) is 11.9 Å². The quantitative estimate of drug-likeness (QED) is 0.900. The number of nitrogens with zero attached hydrogens (tertiary/aromatic N) is 1. The molecule has 0 saturated carbocycles. The van der Waals surface area contributed by atoms with E-state index in [1.54, 1.807) is 0 Å². The maximum atomic E-state index is 12.7. The van der Waals surface area contributed by atoms with Crippen LogP contribution in [0.1, 0.15) is 37.1 Å². The smallest absolute Gasteiger partial charge is 0.255 e. The topological polar surface area (TPSA) is 32.3 Å². The second-order valence-corrected chi connectivity index (χ2v) is 5.20. The largest absolute Gasteiger partial charge is 0.316 e. The Morgan fingerprint density at radius 1 is 1.30 bits per heavy atom. The first-order chi connectivity index (χ1) is 9.52. The Kier molecular flexibility index (Phi) is 4.70. The summed E-state index contributed by atoms with van der Waals surface area (Å²) in [6, 6.07) is 7.26. The van der Waals surface area contributed by atoms with E-state index in [4.69, 9.17) is 0 Å². The zero-order chi connectivity index (χ0) is 14.7. The van der Waals surface area contributed by atoms with E-state index in [2.05, 4.69) is 5.32 Å². The lowest BCUT2D eigenvalue weighted by Gasteiger charge is -2.24. The van der Waals surface area contributed by atoms with E-state index in [9.17, 15) is 13.6 Å². The van der Waals surface area contributed by atoms with Gasteiger partial charge in [0.1, 0.15) is 6.17 Å².